The van der Waals surface area contributed by atoms with Gasteiger partial charge < -0.3 is 5.32 Å². The summed E-state index contributed by atoms with van der Waals surface area (Å²) in [6.45, 7) is 5.38. The van der Waals surface area contributed by atoms with Gasteiger partial charge in [0.15, 0.2) is 0 Å². The van der Waals surface area contributed by atoms with Crippen LogP contribution < -0.4 is 5.32 Å². The summed E-state index contributed by atoms with van der Waals surface area (Å²) in [5.41, 5.74) is 6.14. The first-order valence-corrected chi connectivity index (χ1v) is 7.90. The van der Waals surface area contributed by atoms with Gasteiger partial charge in [-0.1, -0.05) is 17.7 Å². The van der Waals surface area contributed by atoms with Crippen LogP contribution in [0.2, 0.25) is 0 Å². The fraction of sp³-hybridized carbons (Fsp3) is 0.438. The summed E-state index contributed by atoms with van der Waals surface area (Å²) < 4.78 is 3.13. The number of nitrogens with one attached hydrogen (secondary N) is 1. The van der Waals surface area contributed by atoms with E-state index in [0.717, 1.165) is 16.7 Å². The molecule has 4 heteroatoms. The minimum atomic E-state index is 0.384. The summed E-state index contributed by atoms with van der Waals surface area (Å²) in [5, 5.41) is 8.27. The molecule has 3 rings (SSSR count). The van der Waals surface area contributed by atoms with E-state index in [1.807, 2.05) is 11.7 Å². The lowest BCUT2D eigenvalue weighted by Crippen LogP contribution is -2.14. The fourth-order valence-corrected chi connectivity index (χ4v) is 3.77. The predicted molar refractivity (Wildman–Crippen MR) is 85.8 cm³/mol. The Kier molecular flexibility index (Phi) is 3.69. The van der Waals surface area contributed by atoms with Crippen molar-refractivity contribution in [3.63, 3.8) is 0 Å². The van der Waals surface area contributed by atoms with Gasteiger partial charge in [0.1, 0.15) is 0 Å². The fourth-order valence-electron chi connectivity index (χ4n) is 2.94. The van der Waals surface area contributed by atoms with Crippen LogP contribution in [0.5, 0.6) is 0 Å². The Hall–Kier alpha value is -1.13. The summed E-state index contributed by atoms with van der Waals surface area (Å²) >= 11 is 3.78. The van der Waals surface area contributed by atoms with Gasteiger partial charge in [0, 0.05) is 12.6 Å². The van der Waals surface area contributed by atoms with E-state index in [2.05, 4.69) is 53.3 Å². The van der Waals surface area contributed by atoms with Crippen LogP contribution in [0.4, 0.5) is 0 Å². The van der Waals surface area contributed by atoms with E-state index in [9.17, 15) is 0 Å². The zero-order valence-corrected chi connectivity index (χ0v) is 13.8. The second-order valence-corrected chi connectivity index (χ2v) is 6.43. The highest BCUT2D eigenvalue weighted by Crippen LogP contribution is 2.37. The maximum absolute atomic E-state index is 4.75. The van der Waals surface area contributed by atoms with Crippen LogP contribution in [0.15, 0.2) is 22.7 Å². The Labute approximate surface area is 128 Å². The van der Waals surface area contributed by atoms with Crippen LogP contribution >= 0.6 is 15.9 Å². The van der Waals surface area contributed by atoms with E-state index in [1.54, 1.807) is 0 Å². The molecule has 1 N–H and O–H groups in total. The van der Waals surface area contributed by atoms with Gasteiger partial charge in [-0.25, -0.2) is 0 Å². The number of hydrogen-bond acceptors (Lipinski definition) is 2. The summed E-state index contributed by atoms with van der Waals surface area (Å²) in [6.07, 6.45) is 2.40. The summed E-state index contributed by atoms with van der Waals surface area (Å²) in [6, 6.07) is 6.96. The van der Waals surface area contributed by atoms with Crippen molar-refractivity contribution in [1.29, 1.82) is 0 Å². The molecule has 1 aliphatic rings. The monoisotopic (exact) mass is 333 g/mol. The maximum Gasteiger partial charge on any atom is 0.0942 e. The smallest absolute Gasteiger partial charge is 0.0942 e. The molecular weight excluding hydrogens is 314 g/mol. The number of aryl methyl sites for hydroxylation is 3. The minimum absolute atomic E-state index is 0.384. The number of hydrogen-bond donors (Lipinski definition) is 1. The molecule has 0 saturated carbocycles. The standard InChI is InChI=1S/C16H20BrN3/c1-10-6-7-11(2)12(9-10)16-14(17)15(19-20(16)3)13-5-4-8-18-13/h6-7,9,13,18H,4-5,8H2,1-3H3. The zero-order chi connectivity index (χ0) is 14.3. The number of halogens is 1. The first-order chi connectivity index (χ1) is 9.58. The third-order valence-electron chi connectivity index (χ3n) is 4.05. The minimum Gasteiger partial charge on any atom is -0.309 e. The number of nitrogens with zero attached hydrogens (tertiary/aromatic N) is 2. The molecule has 0 radical (unpaired) electrons. The molecule has 1 aliphatic heterocycles. The summed E-state index contributed by atoms with van der Waals surface area (Å²) in [4.78, 5) is 0. The quantitative estimate of drug-likeness (QED) is 0.903. The molecule has 0 aliphatic carbocycles. The number of rotatable bonds is 2. The number of benzene rings is 1. The van der Waals surface area contributed by atoms with E-state index in [1.165, 1.54) is 35.2 Å². The predicted octanol–water partition coefficient (Wildman–Crippen LogP) is 3.89. The molecule has 20 heavy (non-hydrogen) atoms. The van der Waals surface area contributed by atoms with Crippen LogP contribution in [0.3, 0.4) is 0 Å². The molecule has 0 spiro atoms. The number of aromatic nitrogens is 2. The van der Waals surface area contributed by atoms with Crippen LogP contribution in [0, 0.1) is 13.8 Å². The van der Waals surface area contributed by atoms with Crippen molar-refractivity contribution < 1.29 is 0 Å². The molecule has 3 nitrogen and oxygen atoms in total. The van der Waals surface area contributed by atoms with Gasteiger partial charge in [-0.3, -0.25) is 4.68 Å². The maximum atomic E-state index is 4.75. The lowest BCUT2D eigenvalue weighted by atomic mass is 10.0. The molecule has 1 unspecified atom stereocenters. The van der Waals surface area contributed by atoms with E-state index in [0.29, 0.717) is 6.04 Å². The summed E-state index contributed by atoms with van der Waals surface area (Å²) in [7, 11) is 2.03. The van der Waals surface area contributed by atoms with Crippen molar-refractivity contribution >= 4 is 15.9 Å². The van der Waals surface area contributed by atoms with Gasteiger partial charge in [-0.2, -0.15) is 5.10 Å². The molecule has 2 heterocycles. The van der Waals surface area contributed by atoms with E-state index in [-0.39, 0.29) is 0 Å². The van der Waals surface area contributed by atoms with Crippen molar-refractivity contribution in [2.75, 3.05) is 6.54 Å². The highest BCUT2D eigenvalue weighted by atomic mass is 79.9. The van der Waals surface area contributed by atoms with E-state index >= 15 is 0 Å². The summed E-state index contributed by atoms with van der Waals surface area (Å²) in [5.74, 6) is 0. The molecule has 2 aromatic rings. The van der Waals surface area contributed by atoms with Crippen LogP contribution in [0.25, 0.3) is 11.3 Å². The average molecular weight is 334 g/mol. The molecule has 1 aromatic heterocycles. The lowest BCUT2D eigenvalue weighted by Gasteiger charge is -2.09. The second-order valence-electron chi connectivity index (χ2n) is 5.64. The van der Waals surface area contributed by atoms with Crippen molar-refractivity contribution in [2.24, 2.45) is 7.05 Å². The van der Waals surface area contributed by atoms with E-state index < -0.39 is 0 Å². The Bertz CT molecular complexity index is 639. The highest BCUT2D eigenvalue weighted by molar-refractivity contribution is 9.10. The average Bonchev–Trinajstić information content (AvgIpc) is 3.02. The zero-order valence-electron chi connectivity index (χ0n) is 12.2. The topological polar surface area (TPSA) is 29.9 Å². The molecule has 0 amide bonds. The van der Waals surface area contributed by atoms with Crippen molar-refractivity contribution in [2.45, 2.75) is 32.7 Å². The van der Waals surface area contributed by atoms with Gasteiger partial charge in [-0.05, 0) is 60.8 Å². The molecule has 0 bridgehead atoms. The molecule has 1 atom stereocenters. The van der Waals surface area contributed by atoms with Gasteiger partial charge in [-0.15, -0.1) is 0 Å². The molecule has 1 aromatic carbocycles. The van der Waals surface area contributed by atoms with Gasteiger partial charge in [0.2, 0.25) is 0 Å². The first kappa shape index (κ1) is 13.8. The van der Waals surface area contributed by atoms with Gasteiger partial charge in [0.05, 0.1) is 21.9 Å². The SMILES string of the molecule is Cc1ccc(C)c(-c2c(Br)c(C3CCCN3)nn2C)c1. The third kappa shape index (κ3) is 2.31. The van der Waals surface area contributed by atoms with Crippen LogP contribution in [-0.2, 0) is 7.05 Å². The van der Waals surface area contributed by atoms with Crippen molar-refractivity contribution in [3.8, 4) is 11.3 Å². The van der Waals surface area contributed by atoms with Gasteiger partial charge >= 0.3 is 0 Å². The van der Waals surface area contributed by atoms with E-state index in [4.69, 9.17) is 5.10 Å². The Balaban J connectivity index is 2.12. The van der Waals surface area contributed by atoms with Gasteiger partial charge in [0.25, 0.3) is 0 Å². The van der Waals surface area contributed by atoms with Crippen LogP contribution in [-0.4, -0.2) is 16.3 Å². The highest BCUT2D eigenvalue weighted by Gasteiger charge is 2.25. The lowest BCUT2D eigenvalue weighted by molar-refractivity contribution is 0.605. The Morgan fingerprint density at radius 1 is 1.35 bits per heavy atom. The second kappa shape index (κ2) is 5.34. The van der Waals surface area contributed by atoms with Crippen LogP contribution in [0.1, 0.15) is 35.7 Å². The Morgan fingerprint density at radius 2 is 2.15 bits per heavy atom. The van der Waals surface area contributed by atoms with Crippen molar-refractivity contribution in [3.05, 3.63) is 39.5 Å². The largest absolute Gasteiger partial charge is 0.309 e. The first-order valence-electron chi connectivity index (χ1n) is 7.11. The normalized spacial score (nSPS) is 18.7. The molecule has 1 saturated heterocycles. The molecular formula is C16H20BrN3. The molecule has 1 fully saturated rings. The molecule has 106 valence electrons. The van der Waals surface area contributed by atoms with Crippen molar-refractivity contribution in [1.82, 2.24) is 15.1 Å². The third-order valence-corrected chi connectivity index (χ3v) is 4.83. The Morgan fingerprint density at radius 3 is 2.85 bits per heavy atom.